The summed E-state index contributed by atoms with van der Waals surface area (Å²) in [5.41, 5.74) is 12.3. The molecule has 0 aliphatic carbocycles. The fraction of sp³-hybridized carbons (Fsp3) is 0.214. The fourth-order valence-corrected chi connectivity index (χ4v) is 2.06. The summed E-state index contributed by atoms with van der Waals surface area (Å²) in [6, 6.07) is 9.44. The first-order valence-corrected chi connectivity index (χ1v) is 6.78. The molecule has 0 spiro atoms. The number of carbonyl (C=O) groups excluding carboxylic acids is 1. The van der Waals surface area contributed by atoms with E-state index in [0.717, 1.165) is 16.5 Å². The maximum Gasteiger partial charge on any atom is 0.243 e. The van der Waals surface area contributed by atoms with Crippen molar-refractivity contribution in [3.63, 3.8) is 0 Å². The molecule has 0 saturated carbocycles. The van der Waals surface area contributed by atoms with Crippen LogP contribution < -0.4 is 16.8 Å². The summed E-state index contributed by atoms with van der Waals surface area (Å²) in [7, 11) is 0. The van der Waals surface area contributed by atoms with Gasteiger partial charge in [-0.1, -0.05) is 30.4 Å². The molecule has 6 nitrogen and oxygen atoms in total. The van der Waals surface area contributed by atoms with Crippen molar-refractivity contribution < 1.29 is 9.53 Å². The Morgan fingerprint density at radius 2 is 2.10 bits per heavy atom. The minimum atomic E-state index is -0.491. The van der Waals surface area contributed by atoms with Gasteiger partial charge >= 0.3 is 0 Å². The molecule has 110 valence electrons. The number of aromatic nitrogens is 1. The monoisotopic (exact) mass is 304 g/mol. The van der Waals surface area contributed by atoms with E-state index in [1.54, 1.807) is 6.07 Å². The summed E-state index contributed by atoms with van der Waals surface area (Å²) in [6.07, 6.45) is 0. The Hall–Kier alpha value is -2.25. The second-order valence-electron chi connectivity index (χ2n) is 4.38. The van der Waals surface area contributed by atoms with Gasteiger partial charge in [0.2, 0.25) is 5.91 Å². The van der Waals surface area contributed by atoms with E-state index >= 15 is 0 Å². The van der Waals surface area contributed by atoms with Crippen LogP contribution in [0.5, 0.6) is 0 Å². The smallest absolute Gasteiger partial charge is 0.243 e. The molecule has 0 aliphatic heterocycles. The van der Waals surface area contributed by atoms with Crippen molar-refractivity contribution in [2.45, 2.75) is 0 Å². The number of pyridine rings is 1. The number of anilines is 1. The Morgan fingerprint density at radius 3 is 2.81 bits per heavy atom. The van der Waals surface area contributed by atoms with Crippen LogP contribution in [0.2, 0.25) is 0 Å². The van der Waals surface area contributed by atoms with Crippen molar-refractivity contribution in [2.75, 3.05) is 25.1 Å². The van der Waals surface area contributed by atoms with E-state index in [0.29, 0.717) is 24.0 Å². The van der Waals surface area contributed by atoms with E-state index in [2.05, 4.69) is 10.3 Å². The lowest BCUT2D eigenvalue weighted by molar-refractivity contribution is -0.122. The molecule has 0 fully saturated rings. The van der Waals surface area contributed by atoms with Gasteiger partial charge in [-0.15, -0.1) is 0 Å². The lowest BCUT2D eigenvalue weighted by Crippen LogP contribution is -2.21. The minimum absolute atomic E-state index is 0.0923. The number of nitrogens with two attached hydrogens (primary N) is 2. The first kappa shape index (κ1) is 15.1. The van der Waals surface area contributed by atoms with Gasteiger partial charge < -0.3 is 21.5 Å². The number of thiocarbonyl (C=S) groups is 1. The highest BCUT2D eigenvalue weighted by Crippen LogP contribution is 2.20. The van der Waals surface area contributed by atoms with E-state index in [4.69, 9.17) is 28.4 Å². The van der Waals surface area contributed by atoms with Crippen LogP contribution in [0.15, 0.2) is 30.3 Å². The summed E-state index contributed by atoms with van der Waals surface area (Å²) >= 11 is 5.08. The number of ether oxygens (including phenoxy) is 1. The molecule has 1 heterocycles. The molecule has 1 amide bonds. The van der Waals surface area contributed by atoms with E-state index in [1.165, 1.54) is 0 Å². The van der Waals surface area contributed by atoms with Gasteiger partial charge in [-0.3, -0.25) is 4.79 Å². The van der Waals surface area contributed by atoms with Gasteiger partial charge in [0.25, 0.3) is 0 Å². The van der Waals surface area contributed by atoms with Crippen LogP contribution in [0, 0.1) is 0 Å². The zero-order chi connectivity index (χ0) is 15.2. The van der Waals surface area contributed by atoms with E-state index in [1.807, 2.05) is 24.3 Å². The van der Waals surface area contributed by atoms with Crippen LogP contribution >= 0.6 is 12.2 Å². The van der Waals surface area contributed by atoms with Crippen molar-refractivity contribution in [3.8, 4) is 0 Å². The van der Waals surface area contributed by atoms with Crippen molar-refractivity contribution >= 4 is 39.8 Å². The highest BCUT2D eigenvalue weighted by Gasteiger charge is 2.07. The SMILES string of the molecule is NC(=O)COCCNc1cc(C(N)=S)c2ccccc2n1. The van der Waals surface area contributed by atoms with Gasteiger partial charge in [0.15, 0.2) is 0 Å². The van der Waals surface area contributed by atoms with Gasteiger partial charge in [-0.25, -0.2) is 4.98 Å². The number of hydrogen-bond acceptors (Lipinski definition) is 5. The zero-order valence-electron chi connectivity index (χ0n) is 11.3. The Kier molecular flexibility index (Phi) is 5.02. The quantitative estimate of drug-likeness (QED) is 0.516. The fourth-order valence-electron chi connectivity index (χ4n) is 1.89. The average Bonchev–Trinajstić information content (AvgIpc) is 2.45. The standard InChI is InChI=1S/C14H16N4O2S/c15-12(19)8-20-6-5-17-13-7-10(14(16)21)9-3-1-2-4-11(9)18-13/h1-4,7H,5-6,8H2,(H2,15,19)(H2,16,21)(H,17,18). The molecule has 0 bridgehead atoms. The number of hydrogen-bond donors (Lipinski definition) is 3. The maximum absolute atomic E-state index is 10.5. The number of amides is 1. The molecule has 0 aliphatic rings. The van der Waals surface area contributed by atoms with Crippen LogP contribution in [0.1, 0.15) is 5.56 Å². The molecular formula is C14H16N4O2S. The topological polar surface area (TPSA) is 103 Å². The van der Waals surface area contributed by atoms with Gasteiger partial charge in [-0.2, -0.15) is 0 Å². The van der Waals surface area contributed by atoms with E-state index < -0.39 is 5.91 Å². The average molecular weight is 304 g/mol. The summed E-state index contributed by atoms with van der Waals surface area (Å²) in [6.45, 7) is 0.750. The Balaban J connectivity index is 2.10. The number of para-hydroxylation sites is 1. The van der Waals surface area contributed by atoms with Crippen molar-refractivity contribution in [3.05, 3.63) is 35.9 Å². The van der Waals surface area contributed by atoms with E-state index in [-0.39, 0.29) is 6.61 Å². The number of nitrogens with zero attached hydrogens (tertiary/aromatic N) is 1. The second kappa shape index (κ2) is 6.96. The minimum Gasteiger partial charge on any atom is -0.389 e. The molecule has 7 heteroatoms. The molecule has 2 aromatic rings. The second-order valence-corrected chi connectivity index (χ2v) is 4.82. The number of fused-ring (bicyclic) bond motifs is 1. The van der Waals surface area contributed by atoms with Gasteiger partial charge in [0, 0.05) is 17.5 Å². The molecule has 0 radical (unpaired) electrons. The summed E-state index contributed by atoms with van der Waals surface area (Å²) in [5.74, 6) is 0.161. The Labute approximate surface area is 127 Å². The number of rotatable bonds is 7. The normalized spacial score (nSPS) is 10.5. The van der Waals surface area contributed by atoms with Gasteiger partial charge in [0.05, 0.1) is 12.1 Å². The number of carbonyl (C=O) groups is 1. The zero-order valence-corrected chi connectivity index (χ0v) is 12.2. The summed E-state index contributed by atoms with van der Waals surface area (Å²) < 4.78 is 5.07. The van der Waals surface area contributed by atoms with Crippen LogP contribution in [0.25, 0.3) is 10.9 Å². The van der Waals surface area contributed by atoms with Crippen molar-refractivity contribution in [1.29, 1.82) is 0 Å². The predicted octanol–water partition coefficient (Wildman–Crippen LogP) is 0.783. The van der Waals surface area contributed by atoms with E-state index in [9.17, 15) is 4.79 Å². The maximum atomic E-state index is 10.5. The molecule has 5 N–H and O–H groups in total. The molecule has 0 saturated heterocycles. The molecule has 0 atom stereocenters. The largest absolute Gasteiger partial charge is 0.389 e. The Bertz CT molecular complexity index is 675. The first-order chi connectivity index (χ1) is 10.1. The highest BCUT2D eigenvalue weighted by atomic mass is 32.1. The third-order valence-corrected chi connectivity index (χ3v) is 3.00. The highest BCUT2D eigenvalue weighted by molar-refractivity contribution is 7.80. The molecule has 1 aromatic carbocycles. The molecule has 21 heavy (non-hydrogen) atoms. The number of benzene rings is 1. The van der Waals surface area contributed by atoms with Crippen LogP contribution in [0.3, 0.4) is 0 Å². The van der Waals surface area contributed by atoms with Crippen LogP contribution in [0.4, 0.5) is 5.82 Å². The Morgan fingerprint density at radius 1 is 1.33 bits per heavy atom. The molecule has 2 rings (SSSR count). The van der Waals surface area contributed by atoms with Crippen molar-refractivity contribution in [1.82, 2.24) is 4.98 Å². The third-order valence-electron chi connectivity index (χ3n) is 2.78. The van der Waals surface area contributed by atoms with Gasteiger partial charge in [0.1, 0.15) is 17.4 Å². The molecule has 1 aromatic heterocycles. The lowest BCUT2D eigenvalue weighted by Gasteiger charge is -2.10. The molecule has 0 unspecified atom stereocenters. The third kappa shape index (κ3) is 4.11. The summed E-state index contributed by atoms with van der Waals surface area (Å²) in [5, 5.41) is 4.02. The van der Waals surface area contributed by atoms with Crippen molar-refractivity contribution in [2.24, 2.45) is 11.5 Å². The van der Waals surface area contributed by atoms with Gasteiger partial charge in [-0.05, 0) is 12.1 Å². The summed E-state index contributed by atoms with van der Waals surface area (Å²) in [4.78, 5) is 15.3. The number of nitrogens with one attached hydrogen (secondary N) is 1. The first-order valence-electron chi connectivity index (χ1n) is 6.37. The molecular weight excluding hydrogens is 288 g/mol. The van der Waals surface area contributed by atoms with Crippen LogP contribution in [-0.2, 0) is 9.53 Å². The predicted molar refractivity (Wildman–Crippen MR) is 86.1 cm³/mol. The lowest BCUT2D eigenvalue weighted by atomic mass is 10.1. The van der Waals surface area contributed by atoms with Crippen LogP contribution in [-0.4, -0.2) is 35.6 Å². The number of primary amides is 1.